The molecule has 0 fully saturated rings. The van der Waals surface area contributed by atoms with Gasteiger partial charge in [0.25, 0.3) is 0 Å². The van der Waals surface area contributed by atoms with Gasteiger partial charge in [-0.1, -0.05) is 29.8 Å². The quantitative estimate of drug-likeness (QED) is 0.736. The van der Waals surface area contributed by atoms with E-state index >= 15 is 0 Å². The smallest absolute Gasteiger partial charge is 0.119 e. The third-order valence-corrected chi connectivity index (χ3v) is 2.91. The lowest BCUT2D eigenvalue weighted by Gasteiger charge is -2.08. The van der Waals surface area contributed by atoms with Crippen LogP contribution >= 0.6 is 15.9 Å². The van der Waals surface area contributed by atoms with Crippen LogP contribution in [0.25, 0.3) is 0 Å². The summed E-state index contributed by atoms with van der Waals surface area (Å²) in [6.07, 6.45) is 2.27. The SMILES string of the molecule is CC(C)CNCCCCOc1ccc(Br)cc1. The van der Waals surface area contributed by atoms with Gasteiger partial charge in [-0.05, 0) is 56.1 Å². The first kappa shape index (κ1) is 14.5. The van der Waals surface area contributed by atoms with E-state index in [4.69, 9.17) is 4.74 Å². The molecule has 0 heterocycles. The van der Waals surface area contributed by atoms with E-state index < -0.39 is 0 Å². The van der Waals surface area contributed by atoms with Crippen molar-refractivity contribution in [2.45, 2.75) is 26.7 Å². The topological polar surface area (TPSA) is 21.3 Å². The number of ether oxygens (including phenoxy) is 1. The van der Waals surface area contributed by atoms with Gasteiger partial charge in [0.05, 0.1) is 6.61 Å². The average Bonchev–Trinajstić information content (AvgIpc) is 2.30. The Bertz CT molecular complexity index is 298. The van der Waals surface area contributed by atoms with Gasteiger partial charge in [-0.2, -0.15) is 0 Å². The van der Waals surface area contributed by atoms with Crippen molar-refractivity contribution in [3.63, 3.8) is 0 Å². The van der Waals surface area contributed by atoms with E-state index in [1.165, 1.54) is 6.42 Å². The molecule has 0 aliphatic heterocycles. The van der Waals surface area contributed by atoms with Crippen LogP contribution in [0.1, 0.15) is 26.7 Å². The maximum absolute atomic E-state index is 5.64. The molecule has 0 atom stereocenters. The minimum Gasteiger partial charge on any atom is -0.494 e. The number of nitrogens with one attached hydrogen (secondary N) is 1. The molecule has 1 rings (SSSR count). The first-order valence-electron chi connectivity index (χ1n) is 6.27. The van der Waals surface area contributed by atoms with Gasteiger partial charge in [-0.3, -0.25) is 0 Å². The monoisotopic (exact) mass is 299 g/mol. The molecule has 0 spiro atoms. The maximum atomic E-state index is 5.64. The Balaban J connectivity index is 1.99. The van der Waals surface area contributed by atoms with Crippen molar-refractivity contribution in [2.75, 3.05) is 19.7 Å². The molecular weight excluding hydrogens is 278 g/mol. The lowest BCUT2D eigenvalue weighted by Crippen LogP contribution is -2.21. The van der Waals surface area contributed by atoms with E-state index in [2.05, 4.69) is 35.1 Å². The van der Waals surface area contributed by atoms with Crippen molar-refractivity contribution in [3.05, 3.63) is 28.7 Å². The van der Waals surface area contributed by atoms with E-state index in [0.29, 0.717) is 0 Å². The Morgan fingerprint density at radius 1 is 1.18 bits per heavy atom. The second kappa shape index (κ2) is 8.54. The fraction of sp³-hybridized carbons (Fsp3) is 0.571. The number of hydrogen-bond donors (Lipinski definition) is 1. The molecule has 0 radical (unpaired) electrons. The van der Waals surface area contributed by atoms with Crippen LogP contribution in [0.4, 0.5) is 0 Å². The second-order valence-corrected chi connectivity index (χ2v) is 5.52. The number of halogens is 1. The first-order chi connectivity index (χ1) is 8.18. The lowest BCUT2D eigenvalue weighted by molar-refractivity contribution is 0.305. The normalized spacial score (nSPS) is 10.8. The highest BCUT2D eigenvalue weighted by Gasteiger charge is 1.95. The highest BCUT2D eigenvalue weighted by molar-refractivity contribution is 9.10. The molecule has 0 aliphatic rings. The Hall–Kier alpha value is -0.540. The van der Waals surface area contributed by atoms with Gasteiger partial charge in [0.1, 0.15) is 5.75 Å². The molecule has 0 unspecified atom stereocenters. The molecule has 96 valence electrons. The van der Waals surface area contributed by atoms with Crippen molar-refractivity contribution in [1.82, 2.24) is 5.32 Å². The molecule has 2 nitrogen and oxygen atoms in total. The molecule has 17 heavy (non-hydrogen) atoms. The first-order valence-corrected chi connectivity index (χ1v) is 7.07. The van der Waals surface area contributed by atoms with Gasteiger partial charge in [-0.15, -0.1) is 0 Å². The minimum absolute atomic E-state index is 0.731. The van der Waals surface area contributed by atoms with E-state index in [1.807, 2.05) is 24.3 Å². The molecule has 1 aromatic rings. The van der Waals surface area contributed by atoms with Gasteiger partial charge in [0, 0.05) is 4.47 Å². The van der Waals surface area contributed by atoms with Gasteiger partial charge in [0.15, 0.2) is 0 Å². The third kappa shape index (κ3) is 7.40. The van der Waals surface area contributed by atoms with Crippen LogP contribution in [0.3, 0.4) is 0 Å². The second-order valence-electron chi connectivity index (χ2n) is 4.61. The van der Waals surface area contributed by atoms with Crippen LogP contribution in [-0.4, -0.2) is 19.7 Å². The van der Waals surface area contributed by atoms with Gasteiger partial charge < -0.3 is 10.1 Å². The maximum Gasteiger partial charge on any atom is 0.119 e. The van der Waals surface area contributed by atoms with Crippen LogP contribution in [0.2, 0.25) is 0 Å². The summed E-state index contributed by atoms with van der Waals surface area (Å²) in [4.78, 5) is 0. The number of rotatable bonds is 8. The summed E-state index contributed by atoms with van der Waals surface area (Å²) in [5.41, 5.74) is 0. The largest absolute Gasteiger partial charge is 0.494 e. The van der Waals surface area contributed by atoms with Crippen molar-refractivity contribution in [2.24, 2.45) is 5.92 Å². The van der Waals surface area contributed by atoms with Crippen LogP contribution < -0.4 is 10.1 Å². The van der Waals surface area contributed by atoms with Crippen LogP contribution in [0.15, 0.2) is 28.7 Å². The summed E-state index contributed by atoms with van der Waals surface area (Å²) in [7, 11) is 0. The van der Waals surface area contributed by atoms with Crippen molar-refractivity contribution >= 4 is 15.9 Å². The van der Waals surface area contributed by atoms with Crippen LogP contribution in [0, 0.1) is 5.92 Å². The van der Waals surface area contributed by atoms with E-state index in [9.17, 15) is 0 Å². The zero-order valence-electron chi connectivity index (χ0n) is 10.7. The summed E-state index contributed by atoms with van der Waals surface area (Å²) in [5, 5.41) is 3.43. The highest BCUT2D eigenvalue weighted by atomic mass is 79.9. The Morgan fingerprint density at radius 2 is 1.88 bits per heavy atom. The van der Waals surface area contributed by atoms with Crippen LogP contribution in [0.5, 0.6) is 5.75 Å². The Kier molecular flexibility index (Phi) is 7.29. The molecule has 0 bridgehead atoms. The summed E-state index contributed by atoms with van der Waals surface area (Å²) >= 11 is 3.40. The fourth-order valence-corrected chi connectivity index (χ4v) is 1.73. The molecule has 0 aliphatic carbocycles. The third-order valence-electron chi connectivity index (χ3n) is 2.38. The molecule has 1 aromatic carbocycles. The molecule has 0 aromatic heterocycles. The summed E-state index contributed by atoms with van der Waals surface area (Å²) < 4.78 is 6.73. The predicted molar refractivity (Wildman–Crippen MR) is 76.6 cm³/mol. The molecule has 3 heteroatoms. The molecule has 0 saturated heterocycles. The summed E-state index contributed by atoms with van der Waals surface area (Å²) in [6.45, 7) is 7.44. The van der Waals surface area contributed by atoms with E-state index in [0.717, 1.165) is 42.3 Å². The van der Waals surface area contributed by atoms with Crippen molar-refractivity contribution < 1.29 is 4.74 Å². The van der Waals surface area contributed by atoms with Crippen LogP contribution in [-0.2, 0) is 0 Å². The lowest BCUT2D eigenvalue weighted by atomic mass is 10.2. The zero-order valence-corrected chi connectivity index (χ0v) is 12.3. The summed E-state index contributed by atoms with van der Waals surface area (Å²) in [5.74, 6) is 1.68. The zero-order chi connectivity index (χ0) is 12.5. The Morgan fingerprint density at radius 3 is 2.53 bits per heavy atom. The van der Waals surface area contributed by atoms with Gasteiger partial charge >= 0.3 is 0 Å². The minimum atomic E-state index is 0.731. The van der Waals surface area contributed by atoms with E-state index in [-0.39, 0.29) is 0 Å². The number of unbranched alkanes of at least 4 members (excludes halogenated alkanes) is 1. The molecule has 0 amide bonds. The van der Waals surface area contributed by atoms with Crippen molar-refractivity contribution in [1.29, 1.82) is 0 Å². The van der Waals surface area contributed by atoms with E-state index in [1.54, 1.807) is 0 Å². The Labute approximate surface area is 113 Å². The fourth-order valence-electron chi connectivity index (χ4n) is 1.46. The highest BCUT2D eigenvalue weighted by Crippen LogP contribution is 2.16. The number of benzene rings is 1. The molecule has 1 N–H and O–H groups in total. The predicted octanol–water partition coefficient (Wildman–Crippen LogP) is 3.85. The number of hydrogen-bond acceptors (Lipinski definition) is 2. The molecular formula is C14H22BrNO. The van der Waals surface area contributed by atoms with Gasteiger partial charge in [-0.25, -0.2) is 0 Å². The molecule has 0 saturated carbocycles. The standard InChI is InChI=1S/C14H22BrNO/c1-12(2)11-16-9-3-4-10-17-14-7-5-13(15)6-8-14/h5-8,12,16H,3-4,9-11H2,1-2H3. The average molecular weight is 300 g/mol. The van der Waals surface area contributed by atoms with Gasteiger partial charge in [0.2, 0.25) is 0 Å². The van der Waals surface area contributed by atoms with Crippen molar-refractivity contribution in [3.8, 4) is 5.75 Å². The summed E-state index contributed by atoms with van der Waals surface area (Å²) in [6, 6.07) is 7.97.